The second kappa shape index (κ2) is 8.42. The fourth-order valence-corrected chi connectivity index (χ4v) is 11.4. The van der Waals surface area contributed by atoms with Gasteiger partial charge < -0.3 is 9.80 Å². The number of rotatable bonds is 8. The quantitative estimate of drug-likeness (QED) is 0.264. The zero-order chi connectivity index (χ0) is 23.3. The predicted octanol–water partition coefficient (Wildman–Crippen LogP) is 7.55. The fourth-order valence-electron chi connectivity index (χ4n) is 4.15. The average Bonchev–Trinajstić information content (AvgIpc) is 2.96. The molecule has 0 bridgehead atoms. The van der Waals surface area contributed by atoms with Crippen LogP contribution in [0.15, 0.2) is 21.6 Å². The van der Waals surface area contributed by atoms with Gasteiger partial charge in [0.25, 0.3) is 0 Å². The summed E-state index contributed by atoms with van der Waals surface area (Å²) in [5, 5.41) is -2.96. The van der Waals surface area contributed by atoms with Crippen molar-refractivity contribution < 1.29 is 26.3 Å². The number of halogens is 6. The topological polar surface area (TPSA) is 6.48 Å². The van der Waals surface area contributed by atoms with E-state index >= 15 is 0 Å². The molecule has 0 N–H and O–H groups in total. The Hall–Kier alpha value is -0.560. The molecule has 2 atom stereocenters. The van der Waals surface area contributed by atoms with Crippen molar-refractivity contribution in [3.05, 3.63) is 21.6 Å². The molecule has 2 nitrogen and oxygen atoms in total. The molecular formula is C20H31F6N2PS. The van der Waals surface area contributed by atoms with Gasteiger partial charge in [-0.3, -0.25) is 0 Å². The van der Waals surface area contributed by atoms with E-state index in [1.807, 2.05) is 18.7 Å². The molecule has 0 aromatic rings. The van der Waals surface area contributed by atoms with Gasteiger partial charge in [-0.1, -0.05) is 32.2 Å². The van der Waals surface area contributed by atoms with Gasteiger partial charge in [-0.15, -0.1) is 0 Å². The van der Waals surface area contributed by atoms with Crippen molar-refractivity contribution in [3.8, 4) is 0 Å². The molecule has 0 saturated heterocycles. The largest absolute Gasteiger partial charge is 0.415 e. The van der Waals surface area contributed by atoms with Crippen molar-refractivity contribution in [3.63, 3.8) is 0 Å². The maximum atomic E-state index is 14.8. The highest BCUT2D eigenvalue weighted by Gasteiger charge is 2.80. The predicted molar refractivity (Wildman–Crippen MR) is 113 cm³/mol. The van der Waals surface area contributed by atoms with E-state index < -0.39 is 35.6 Å². The summed E-state index contributed by atoms with van der Waals surface area (Å²) in [6, 6.07) is 0. The van der Waals surface area contributed by atoms with E-state index in [1.165, 1.54) is 4.90 Å². The third-order valence-electron chi connectivity index (χ3n) is 6.16. The Morgan fingerprint density at radius 1 is 0.833 bits per heavy atom. The highest BCUT2D eigenvalue weighted by Crippen LogP contribution is 2.90. The van der Waals surface area contributed by atoms with Crippen molar-refractivity contribution in [2.45, 2.75) is 72.4 Å². The smallest absolute Gasteiger partial charge is 0.372 e. The number of hydrogen-bond acceptors (Lipinski definition) is 3. The molecule has 174 valence electrons. The Balaban J connectivity index is 2.98. The normalized spacial score (nSPS) is 24.9. The first-order chi connectivity index (χ1) is 13.7. The van der Waals surface area contributed by atoms with E-state index in [-0.39, 0.29) is 23.7 Å². The molecule has 0 aromatic carbocycles. The number of hydrogen-bond donors (Lipinski definition) is 0. The van der Waals surface area contributed by atoms with Gasteiger partial charge in [0.05, 0.1) is 16.7 Å². The van der Waals surface area contributed by atoms with Crippen LogP contribution in [0.3, 0.4) is 0 Å². The number of allylic oxidation sites excluding steroid dienone is 2. The summed E-state index contributed by atoms with van der Waals surface area (Å²) >= 11 is 0.840. The van der Waals surface area contributed by atoms with Crippen LogP contribution in [0.5, 0.6) is 0 Å². The molecule has 10 heteroatoms. The monoisotopic (exact) mass is 476 g/mol. The number of nitrogens with zero attached hydrogens (tertiary/aromatic N) is 2. The van der Waals surface area contributed by atoms with E-state index in [0.29, 0.717) is 24.9 Å². The van der Waals surface area contributed by atoms with Gasteiger partial charge in [0, 0.05) is 38.2 Å². The molecule has 30 heavy (non-hydrogen) atoms. The van der Waals surface area contributed by atoms with Crippen molar-refractivity contribution in [1.29, 1.82) is 0 Å². The summed E-state index contributed by atoms with van der Waals surface area (Å²) in [5.41, 5.74) is -2.08. The first-order valence-electron chi connectivity index (χ1n) is 10.3. The Morgan fingerprint density at radius 2 is 1.30 bits per heavy atom. The van der Waals surface area contributed by atoms with Crippen LogP contribution < -0.4 is 0 Å². The maximum Gasteiger partial charge on any atom is 0.415 e. The maximum absolute atomic E-state index is 14.8. The standard InChI is InChI=1S/C20H31F6N2PS/c1-8-17(6,7)15-13(19(21,22)23)18(20(24,25)26)14(27(9-2)10-3)16(29(18)30-15)28(11-4)12-5/h8-12H2,1-7H3. The van der Waals surface area contributed by atoms with E-state index in [1.54, 1.807) is 34.6 Å². The van der Waals surface area contributed by atoms with Crippen LogP contribution >= 0.6 is 18.5 Å². The third kappa shape index (κ3) is 3.56. The molecule has 2 aliphatic rings. The van der Waals surface area contributed by atoms with Crippen LogP contribution in [0.25, 0.3) is 0 Å². The van der Waals surface area contributed by atoms with Gasteiger partial charge in [0.15, 0.2) is 5.16 Å². The van der Waals surface area contributed by atoms with Crippen LogP contribution in [0, 0.1) is 5.41 Å². The lowest BCUT2D eigenvalue weighted by Crippen LogP contribution is -2.59. The summed E-state index contributed by atoms with van der Waals surface area (Å²) in [4.78, 5) is 3.15. The highest BCUT2D eigenvalue weighted by atomic mass is 32.7. The molecule has 0 saturated carbocycles. The minimum absolute atomic E-state index is 0.146. The van der Waals surface area contributed by atoms with Gasteiger partial charge in [0.1, 0.15) is 0 Å². The van der Waals surface area contributed by atoms with Crippen LogP contribution in [-0.2, 0) is 0 Å². The lowest BCUT2D eigenvalue weighted by molar-refractivity contribution is -0.172. The summed E-state index contributed by atoms with van der Waals surface area (Å²) in [7, 11) is -2.17. The summed E-state index contributed by atoms with van der Waals surface area (Å²) in [5.74, 6) is 0. The molecule has 2 aliphatic heterocycles. The van der Waals surface area contributed by atoms with Gasteiger partial charge in [-0.2, -0.15) is 26.3 Å². The Bertz CT molecular complexity index is 720. The molecule has 2 unspecified atom stereocenters. The van der Waals surface area contributed by atoms with Crippen molar-refractivity contribution in [1.82, 2.24) is 9.80 Å². The van der Waals surface area contributed by atoms with Crippen molar-refractivity contribution in [2.75, 3.05) is 26.2 Å². The Kier molecular flexibility index (Phi) is 7.21. The molecule has 2 heterocycles. The van der Waals surface area contributed by atoms with Crippen LogP contribution in [0.2, 0.25) is 0 Å². The Morgan fingerprint density at radius 3 is 1.63 bits per heavy atom. The van der Waals surface area contributed by atoms with E-state index in [4.69, 9.17) is 0 Å². The molecule has 0 fully saturated rings. The van der Waals surface area contributed by atoms with Crippen molar-refractivity contribution in [2.24, 2.45) is 5.41 Å². The summed E-state index contributed by atoms with van der Waals surface area (Å²) in [6.45, 7) is 13.3. The minimum Gasteiger partial charge on any atom is -0.372 e. The van der Waals surface area contributed by atoms with Gasteiger partial charge in [-0.05, 0) is 39.5 Å². The lowest BCUT2D eigenvalue weighted by atomic mass is 9.81. The summed E-state index contributed by atoms with van der Waals surface area (Å²) in [6.07, 6.45) is -9.77. The third-order valence-corrected chi connectivity index (χ3v) is 11.9. The lowest BCUT2D eigenvalue weighted by Gasteiger charge is -2.55. The van der Waals surface area contributed by atoms with E-state index in [9.17, 15) is 26.3 Å². The van der Waals surface area contributed by atoms with Crippen molar-refractivity contribution >= 4 is 18.5 Å². The molecule has 2 rings (SSSR count). The van der Waals surface area contributed by atoms with Crippen LogP contribution in [-0.4, -0.2) is 53.5 Å². The first kappa shape index (κ1) is 25.7. The first-order valence-corrected chi connectivity index (χ1v) is 13.1. The summed E-state index contributed by atoms with van der Waals surface area (Å²) < 4.78 is 87.7. The van der Waals surface area contributed by atoms with Gasteiger partial charge in [0.2, 0.25) is 0 Å². The molecule has 0 aromatic heterocycles. The second-order valence-corrected chi connectivity index (χ2v) is 12.0. The highest BCUT2D eigenvalue weighted by molar-refractivity contribution is 8.60. The fraction of sp³-hybridized carbons (Fsp3) is 0.800. The molecule has 0 radical (unpaired) electrons. The van der Waals surface area contributed by atoms with Gasteiger partial charge >= 0.3 is 12.4 Å². The van der Waals surface area contributed by atoms with Crippen LogP contribution in [0.1, 0.15) is 54.9 Å². The minimum atomic E-state index is -5.06. The molecule has 0 spiro atoms. The average molecular weight is 477 g/mol. The SMILES string of the molecule is CCN(CC)C1=C(N(CC)CC)C2(C(F)(F)F)C(C(F)(F)F)=C(C(C)(C)CC)SP12. The van der Waals surface area contributed by atoms with E-state index in [0.717, 1.165) is 11.4 Å². The number of alkyl halides is 6. The van der Waals surface area contributed by atoms with Gasteiger partial charge in [-0.25, -0.2) is 0 Å². The number of fused-ring (bicyclic) bond motifs is 1. The molecule has 0 aliphatic carbocycles. The zero-order valence-electron chi connectivity index (χ0n) is 18.6. The van der Waals surface area contributed by atoms with E-state index in [2.05, 4.69) is 0 Å². The Labute approximate surface area is 180 Å². The molecule has 0 amide bonds. The second-order valence-electron chi connectivity index (χ2n) is 8.05. The molecular weight excluding hydrogens is 445 g/mol. The zero-order valence-corrected chi connectivity index (χ0v) is 20.3. The van der Waals surface area contributed by atoms with Crippen LogP contribution in [0.4, 0.5) is 26.3 Å².